The third kappa shape index (κ3) is 3.76. The highest BCUT2D eigenvalue weighted by atomic mass is 32.2. The van der Waals surface area contributed by atoms with E-state index in [-0.39, 0.29) is 12.3 Å². The molecule has 0 amide bonds. The van der Waals surface area contributed by atoms with Crippen molar-refractivity contribution in [3.8, 4) is 11.8 Å². The van der Waals surface area contributed by atoms with Gasteiger partial charge in [0.15, 0.2) is 5.16 Å². The molecule has 0 radical (unpaired) electrons. The van der Waals surface area contributed by atoms with E-state index >= 15 is 0 Å². The van der Waals surface area contributed by atoms with Gasteiger partial charge in [0.1, 0.15) is 0 Å². The van der Waals surface area contributed by atoms with Crippen LogP contribution in [0.1, 0.15) is 17.5 Å². The van der Waals surface area contributed by atoms with E-state index in [1.165, 1.54) is 16.3 Å². The van der Waals surface area contributed by atoms with Crippen molar-refractivity contribution in [2.75, 3.05) is 6.61 Å². The third-order valence-corrected chi connectivity index (χ3v) is 3.73. The van der Waals surface area contributed by atoms with Gasteiger partial charge in [-0.25, -0.2) is 9.89 Å². The highest BCUT2D eigenvalue weighted by molar-refractivity contribution is 7.98. The first-order chi connectivity index (χ1) is 9.70. The van der Waals surface area contributed by atoms with Gasteiger partial charge in [-0.2, -0.15) is 0 Å². The molecule has 2 N–H and O–H groups in total. The molecule has 0 spiro atoms. The number of H-pyrrole nitrogens is 1. The lowest BCUT2D eigenvalue weighted by Crippen LogP contribution is -2.12. The molecule has 1 aromatic heterocycles. The lowest BCUT2D eigenvalue weighted by molar-refractivity contribution is 0.305. The maximum Gasteiger partial charge on any atom is 0.343 e. The predicted octanol–water partition coefficient (Wildman–Crippen LogP) is 1.13. The van der Waals surface area contributed by atoms with Crippen LogP contribution >= 0.6 is 11.8 Å². The molecule has 104 valence electrons. The summed E-state index contributed by atoms with van der Waals surface area (Å²) in [4.78, 5) is 11.2. The number of benzene rings is 1. The summed E-state index contributed by atoms with van der Waals surface area (Å²) < 4.78 is 1.49. The minimum Gasteiger partial charge on any atom is -0.395 e. The zero-order chi connectivity index (χ0) is 14.4. The number of aromatic amines is 1. The van der Waals surface area contributed by atoms with E-state index in [9.17, 15) is 4.79 Å². The summed E-state index contributed by atoms with van der Waals surface area (Å²) in [5.74, 6) is 6.60. The fraction of sp³-hybridized carbons (Fsp3) is 0.286. The largest absolute Gasteiger partial charge is 0.395 e. The maximum absolute atomic E-state index is 11.2. The fourth-order valence-corrected chi connectivity index (χ4v) is 2.39. The molecule has 0 bridgehead atoms. The SMILES string of the molecule is Cn1c(SCc2ccc(C#CCCO)cc2)n[nH]c1=O. The Balaban J connectivity index is 1.96. The number of thioether (sulfide) groups is 1. The van der Waals surface area contributed by atoms with Crippen molar-refractivity contribution in [1.82, 2.24) is 14.8 Å². The first-order valence-corrected chi connectivity index (χ1v) is 7.12. The topological polar surface area (TPSA) is 70.9 Å². The van der Waals surface area contributed by atoms with Crippen molar-refractivity contribution < 1.29 is 5.11 Å². The van der Waals surface area contributed by atoms with Gasteiger partial charge < -0.3 is 5.11 Å². The molecule has 0 aliphatic heterocycles. The van der Waals surface area contributed by atoms with Crippen LogP contribution in [0.5, 0.6) is 0 Å². The van der Waals surface area contributed by atoms with Crippen LogP contribution < -0.4 is 5.69 Å². The molecule has 1 heterocycles. The van der Waals surface area contributed by atoms with Gasteiger partial charge in [0.05, 0.1) is 6.61 Å². The Morgan fingerprint density at radius 3 is 2.75 bits per heavy atom. The normalized spacial score (nSPS) is 10.1. The summed E-state index contributed by atoms with van der Waals surface area (Å²) in [6.07, 6.45) is 0.491. The van der Waals surface area contributed by atoms with Crippen molar-refractivity contribution in [3.05, 3.63) is 45.9 Å². The predicted molar refractivity (Wildman–Crippen MR) is 78.4 cm³/mol. The molecule has 1 aromatic carbocycles. The van der Waals surface area contributed by atoms with Gasteiger partial charge in [-0.3, -0.25) is 4.57 Å². The number of hydrogen-bond acceptors (Lipinski definition) is 4. The second-order valence-electron chi connectivity index (χ2n) is 4.13. The highest BCUT2D eigenvalue weighted by Crippen LogP contribution is 2.19. The number of aliphatic hydroxyl groups excluding tert-OH is 1. The first kappa shape index (κ1) is 14.4. The van der Waals surface area contributed by atoms with Crippen LogP contribution in [0.25, 0.3) is 0 Å². The van der Waals surface area contributed by atoms with E-state index in [0.717, 1.165) is 16.9 Å². The van der Waals surface area contributed by atoms with Crippen molar-refractivity contribution in [3.63, 3.8) is 0 Å². The monoisotopic (exact) mass is 289 g/mol. The van der Waals surface area contributed by atoms with Crippen molar-refractivity contribution in [2.24, 2.45) is 7.05 Å². The number of aliphatic hydroxyl groups is 1. The van der Waals surface area contributed by atoms with E-state index in [4.69, 9.17) is 5.11 Å². The molecular weight excluding hydrogens is 274 g/mol. The van der Waals surface area contributed by atoms with E-state index in [2.05, 4.69) is 22.0 Å². The molecule has 6 heteroatoms. The van der Waals surface area contributed by atoms with Crippen LogP contribution in [-0.2, 0) is 12.8 Å². The standard InChI is InChI=1S/C14H15N3O2S/c1-17-13(19)15-16-14(17)20-10-12-7-5-11(6-8-12)4-2-3-9-18/h5-8,18H,3,9-10H2,1H3,(H,15,19). The van der Waals surface area contributed by atoms with Crippen molar-refractivity contribution in [2.45, 2.75) is 17.3 Å². The fourth-order valence-electron chi connectivity index (χ4n) is 1.51. The smallest absolute Gasteiger partial charge is 0.343 e. The van der Waals surface area contributed by atoms with Gasteiger partial charge in [-0.05, 0) is 17.7 Å². The lowest BCUT2D eigenvalue weighted by Gasteiger charge is -2.01. The lowest BCUT2D eigenvalue weighted by atomic mass is 10.1. The quantitative estimate of drug-likeness (QED) is 0.654. The van der Waals surface area contributed by atoms with Crippen LogP contribution in [0.2, 0.25) is 0 Å². The van der Waals surface area contributed by atoms with Crippen molar-refractivity contribution >= 4 is 11.8 Å². The molecule has 0 unspecified atom stereocenters. The van der Waals surface area contributed by atoms with E-state index in [0.29, 0.717) is 11.6 Å². The molecule has 2 rings (SSSR count). The highest BCUT2D eigenvalue weighted by Gasteiger charge is 2.04. The molecule has 0 aliphatic carbocycles. The summed E-state index contributed by atoms with van der Waals surface area (Å²) in [6, 6.07) is 7.90. The third-order valence-electron chi connectivity index (χ3n) is 2.63. The molecule has 0 aliphatic rings. The Labute approximate surface area is 121 Å². The molecule has 0 fully saturated rings. The Hall–Kier alpha value is -1.97. The molecular formula is C14H15N3O2S. The Morgan fingerprint density at radius 2 is 2.15 bits per heavy atom. The number of rotatable bonds is 4. The minimum absolute atomic E-state index is 0.0874. The second kappa shape index (κ2) is 6.98. The summed E-state index contributed by atoms with van der Waals surface area (Å²) in [6.45, 7) is 0.0874. The van der Waals surface area contributed by atoms with Crippen molar-refractivity contribution in [1.29, 1.82) is 0 Å². The summed E-state index contributed by atoms with van der Waals surface area (Å²) in [5.41, 5.74) is 1.86. The first-order valence-electron chi connectivity index (χ1n) is 6.13. The molecule has 2 aromatic rings. The second-order valence-corrected chi connectivity index (χ2v) is 5.07. The van der Waals surface area contributed by atoms with Crippen LogP contribution in [0, 0.1) is 11.8 Å². The van der Waals surface area contributed by atoms with Crippen LogP contribution in [-0.4, -0.2) is 26.5 Å². The van der Waals surface area contributed by atoms with Gasteiger partial charge in [-0.1, -0.05) is 35.7 Å². The molecule has 0 atom stereocenters. The summed E-state index contributed by atoms with van der Waals surface area (Å²) in [5, 5.41) is 15.7. The zero-order valence-electron chi connectivity index (χ0n) is 11.1. The molecule has 5 nitrogen and oxygen atoms in total. The Bertz CT molecular complexity index is 677. The summed E-state index contributed by atoms with van der Waals surface area (Å²) >= 11 is 1.50. The Kier molecular flexibility index (Phi) is 5.04. The minimum atomic E-state index is -0.206. The average Bonchev–Trinajstić information content (AvgIpc) is 2.78. The number of aromatic nitrogens is 3. The zero-order valence-corrected chi connectivity index (χ0v) is 11.9. The van der Waals surface area contributed by atoms with E-state index < -0.39 is 0 Å². The van der Waals surface area contributed by atoms with Gasteiger partial charge in [0, 0.05) is 24.8 Å². The maximum atomic E-state index is 11.2. The van der Waals surface area contributed by atoms with E-state index in [1.807, 2.05) is 24.3 Å². The van der Waals surface area contributed by atoms with Crippen LogP contribution in [0.4, 0.5) is 0 Å². The molecule has 0 saturated carbocycles. The van der Waals surface area contributed by atoms with Crippen LogP contribution in [0.3, 0.4) is 0 Å². The van der Waals surface area contributed by atoms with Gasteiger partial charge in [0.2, 0.25) is 0 Å². The van der Waals surface area contributed by atoms with Crippen LogP contribution in [0.15, 0.2) is 34.2 Å². The van der Waals surface area contributed by atoms with Gasteiger partial charge >= 0.3 is 5.69 Å². The molecule has 20 heavy (non-hydrogen) atoms. The number of nitrogens with zero attached hydrogens (tertiary/aromatic N) is 2. The number of nitrogens with one attached hydrogen (secondary N) is 1. The van der Waals surface area contributed by atoms with E-state index in [1.54, 1.807) is 7.05 Å². The summed E-state index contributed by atoms with van der Waals surface area (Å²) in [7, 11) is 1.69. The van der Waals surface area contributed by atoms with Gasteiger partial charge in [0.25, 0.3) is 0 Å². The number of hydrogen-bond donors (Lipinski definition) is 2. The van der Waals surface area contributed by atoms with Gasteiger partial charge in [-0.15, -0.1) is 5.10 Å². The molecule has 0 saturated heterocycles. The Morgan fingerprint density at radius 1 is 1.40 bits per heavy atom. The average molecular weight is 289 g/mol.